The molecule has 0 aliphatic rings. The molecule has 0 aliphatic heterocycles. The first-order chi connectivity index (χ1) is 9.61. The van der Waals surface area contributed by atoms with Crippen molar-refractivity contribution in [2.24, 2.45) is 5.92 Å². The monoisotopic (exact) mass is 283 g/mol. The SMILES string of the molecule is CCCCCN(CCCCC)C(=O)CCCCC(C)C. The fourth-order valence-electron chi connectivity index (χ4n) is 2.45. The van der Waals surface area contributed by atoms with E-state index < -0.39 is 0 Å². The van der Waals surface area contributed by atoms with Crippen molar-refractivity contribution in [1.29, 1.82) is 0 Å². The lowest BCUT2D eigenvalue weighted by molar-refractivity contribution is -0.131. The van der Waals surface area contributed by atoms with Gasteiger partial charge in [0.2, 0.25) is 5.91 Å². The summed E-state index contributed by atoms with van der Waals surface area (Å²) < 4.78 is 0. The van der Waals surface area contributed by atoms with E-state index in [1.165, 1.54) is 51.4 Å². The number of amides is 1. The van der Waals surface area contributed by atoms with Gasteiger partial charge in [-0.05, 0) is 25.2 Å². The molecule has 0 atom stereocenters. The number of hydrogen-bond acceptors (Lipinski definition) is 1. The van der Waals surface area contributed by atoms with Crippen molar-refractivity contribution < 1.29 is 4.79 Å². The first-order valence-corrected chi connectivity index (χ1v) is 8.89. The molecule has 0 fully saturated rings. The smallest absolute Gasteiger partial charge is 0.222 e. The van der Waals surface area contributed by atoms with Crippen LogP contribution < -0.4 is 0 Å². The van der Waals surface area contributed by atoms with Crippen LogP contribution in [0.25, 0.3) is 0 Å². The summed E-state index contributed by atoms with van der Waals surface area (Å²) in [4.78, 5) is 14.4. The van der Waals surface area contributed by atoms with E-state index >= 15 is 0 Å². The van der Waals surface area contributed by atoms with E-state index in [1.807, 2.05) is 0 Å². The molecule has 0 radical (unpaired) electrons. The molecule has 0 heterocycles. The van der Waals surface area contributed by atoms with Gasteiger partial charge in [-0.25, -0.2) is 0 Å². The van der Waals surface area contributed by atoms with Gasteiger partial charge >= 0.3 is 0 Å². The van der Waals surface area contributed by atoms with Crippen LogP contribution in [0.2, 0.25) is 0 Å². The first kappa shape index (κ1) is 19.5. The van der Waals surface area contributed by atoms with Crippen LogP contribution in [0.15, 0.2) is 0 Å². The predicted octanol–water partition coefficient (Wildman–Crippen LogP) is 5.41. The maximum Gasteiger partial charge on any atom is 0.222 e. The van der Waals surface area contributed by atoms with Crippen molar-refractivity contribution in [2.75, 3.05) is 13.1 Å². The molecule has 0 unspecified atom stereocenters. The Balaban J connectivity index is 3.97. The Labute approximate surface area is 127 Å². The third-order valence-corrected chi connectivity index (χ3v) is 3.84. The lowest BCUT2D eigenvalue weighted by Gasteiger charge is -2.23. The molecule has 2 nitrogen and oxygen atoms in total. The topological polar surface area (TPSA) is 20.3 Å². The van der Waals surface area contributed by atoms with E-state index in [-0.39, 0.29) is 0 Å². The largest absolute Gasteiger partial charge is 0.343 e. The molecular weight excluding hydrogens is 246 g/mol. The van der Waals surface area contributed by atoms with E-state index in [4.69, 9.17) is 0 Å². The minimum Gasteiger partial charge on any atom is -0.343 e. The van der Waals surface area contributed by atoms with Gasteiger partial charge in [-0.3, -0.25) is 4.79 Å². The first-order valence-electron chi connectivity index (χ1n) is 8.89. The average molecular weight is 284 g/mol. The average Bonchev–Trinajstić information content (AvgIpc) is 2.42. The van der Waals surface area contributed by atoms with Crippen molar-refractivity contribution in [3.63, 3.8) is 0 Å². The molecule has 0 N–H and O–H groups in total. The van der Waals surface area contributed by atoms with Gasteiger partial charge in [0.1, 0.15) is 0 Å². The van der Waals surface area contributed by atoms with E-state index in [0.29, 0.717) is 5.91 Å². The number of nitrogens with zero attached hydrogens (tertiary/aromatic N) is 1. The lowest BCUT2D eigenvalue weighted by Crippen LogP contribution is -2.32. The molecule has 1 amide bonds. The van der Waals surface area contributed by atoms with Crippen LogP contribution in [-0.4, -0.2) is 23.9 Å². The second kappa shape index (κ2) is 13.5. The lowest BCUT2D eigenvalue weighted by atomic mass is 10.0. The van der Waals surface area contributed by atoms with Gasteiger partial charge in [0.05, 0.1) is 0 Å². The van der Waals surface area contributed by atoms with Crippen LogP contribution in [0.4, 0.5) is 0 Å². The third-order valence-electron chi connectivity index (χ3n) is 3.84. The Morgan fingerprint density at radius 3 is 1.85 bits per heavy atom. The minimum atomic E-state index is 0.390. The molecule has 0 saturated carbocycles. The maximum atomic E-state index is 12.3. The Morgan fingerprint density at radius 1 is 0.850 bits per heavy atom. The number of hydrogen-bond donors (Lipinski definition) is 0. The maximum absolute atomic E-state index is 12.3. The highest BCUT2D eigenvalue weighted by Gasteiger charge is 2.12. The predicted molar refractivity (Wildman–Crippen MR) is 88.9 cm³/mol. The fraction of sp³-hybridized carbons (Fsp3) is 0.944. The summed E-state index contributed by atoms with van der Waals surface area (Å²) in [5, 5.41) is 0. The van der Waals surface area contributed by atoms with Crippen molar-refractivity contribution in [2.45, 2.75) is 91.9 Å². The summed E-state index contributed by atoms with van der Waals surface area (Å²) in [6.07, 6.45) is 11.5. The van der Waals surface area contributed by atoms with Gasteiger partial charge in [-0.2, -0.15) is 0 Å². The molecule has 120 valence electrons. The van der Waals surface area contributed by atoms with Crippen molar-refractivity contribution in [3.05, 3.63) is 0 Å². The molecule has 0 saturated heterocycles. The summed E-state index contributed by atoms with van der Waals surface area (Å²) in [6.45, 7) is 10.9. The standard InChI is InChI=1S/C18H37NO/c1-5-7-11-15-19(16-12-8-6-2)18(20)14-10-9-13-17(3)4/h17H,5-16H2,1-4H3. The van der Waals surface area contributed by atoms with Crippen LogP contribution >= 0.6 is 0 Å². The number of rotatable bonds is 13. The van der Waals surface area contributed by atoms with Crippen LogP contribution in [0.5, 0.6) is 0 Å². The summed E-state index contributed by atoms with van der Waals surface area (Å²) in [7, 11) is 0. The van der Waals surface area contributed by atoms with Gasteiger partial charge in [-0.1, -0.05) is 66.2 Å². The van der Waals surface area contributed by atoms with Crippen molar-refractivity contribution in [3.8, 4) is 0 Å². The summed E-state index contributed by atoms with van der Waals surface area (Å²) in [5.74, 6) is 1.15. The minimum absolute atomic E-state index is 0.390. The zero-order chi connectivity index (χ0) is 15.2. The van der Waals surface area contributed by atoms with Crippen LogP contribution in [0.3, 0.4) is 0 Å². The van der Waals surface area contributed by atoms with Gasteiger partial charge in [0.15, 0.2) is 0 Å². The second-order valence-corrected chi connectivity index (χ2v) is 6.43. The highest BCUT2D eigenvalue weighted by Crippen LogP contribution is 2.11. The molecule has 0 rings (SSSR count). The molecule has 0 aromatic rings. The van der Waals surface area contributed by atoms with Crippen molar-refractivity contribution >= 4 is 5.91 Å². The molecule has 0 aliphatic carbocycles. The Bertz CT molecular complexity index is 215. The molecular formula is C18H37NO. The van der Waals surface area contributed by atoms with E-state index in [0.717, 1.165) is 31.8 Å². The Kier molecular flexibility index (Phi) is 13.1. The molecule has 20 heavy (non-hydrogen) atoms. The normalized spacial score (nSPS) is 11.1. The van der Waals surface area contributed by atoms with E-state index in [9.17, 15) is 4.79 Å². The summed E-state index contributed by atoms with van der Waals surface area (Å²) in [6, 6.07) is 0. The summed E-state index contributed by atoms with van der Waals surface area (Å²) >= 11 is 0. The zero-order valence-electron chi connectivity index (χ0n) is 14.4. The van der Waals surface area contributed by atoms with E-state index in [1.54, 1.807) is 0 Å². The Hall–Kier alpha value is -0.530. The second-order valence-electron chi connectivity index (χ2n) is 6.43. The molecule has 0 aromatic heterocycles. The quantitative estimate of drug-likeness (QED) is 0.414. The Morgan fingerprint density at radius 2 is 1.40 bits per heavy atom. The van der Waals surface area contributed by atoms with Gasteiger partial charge in [-0.15, -0.1) is 0 Å². The molecule has 0 bridgehead atoms. The van der Waals surface area contributed by atoms with E-state index in [2.05, 4.69) is 32.6 Å². The highest BCUT2D eigenvalue weighted by molar-refractivity contribution is 5.76. The number of carbonyl (C=O) groups is 1. The van der Waals surface area contributed by atoms with Gasteiger partial charge < -0.3 is 4.90 Å². The number of carbonyl (C=O) groups excluding carboxylic acids is 1. The van der Waals surface area contributed by atoms with Crippen LogP contribution in [0, 0.1) is 5.92 Å². The highest BCUT2D eigenvalue weighted by atomic mass is 16.2. The molecule has 0 spiro atoms. The van der Waals surface area contributed by atoms with Crippen molar-refractivity contribution in [1.82, 2.24) is 4.90 Å². The zero-order valence-corrected chi connectivity index (χ0v) is 14.4. The van der Waals surface area contributed by atoms with Crippen LogP contribution in [0.1, 0.15) is 91.9 Å². The molecule has 0 aromatic carbocycles. The molecule has 2 heteroatoms. The summed E-state index contributed by atoms with van der Waals surface area (Å²) in [5.41, 5.74) is 0. The number of unbranched alkanes of at least 4 members (excludes halogenated alkanes) is 5. The van der Waals surface area contributed by atoms with Crippen LogP contribution in [-0.2, 0) is 4.79 Å². The third kappa shape index (κ3) is 11.3. The van der Waals surface area contributed by atoms with Gasteiger partial charge in [0, 0.05) is 19.5 Å². The fourth-order valence-corrected chi connectivity index (χ4v) is 2.45. The van der Waals surface area contributed by atoms with Gasteiger partial charge in [0.25, 0.3) is 0 Å².